The van der Waals surface area contributed by atoms with Crippen molar-refractivity contribution >= 4 is 23.3 Å². The Morgan fingerprint density at radius 2 is 2.19 bits per heavy atom. The average Bonchev–Trinajstić information content (AvgIpc) is 2.89. The molecule has 0 radical (unpaired) electrons. The molecule has 0 bridgehead atoms. The van der Waals surface area contributed by atoms with E-state index in [0.29, 0.717) is 5.56 Å². The van der Waals surface area contributed by atoms with Crippen LogP contribution in [0.3, 0.4) is 0 Å². The van der Waals surface area contributed by atoms with Gasteiger partial charge in [0, 0.05) is 18.0 Å². The van der Waals surface area contributed by atoms with E-state index in [9.17, 15) is 14.3 Å². The van der Waals surface area contributed by atoms with E-state index in [2.05, 4.69) is 10.3 Å². The molecule has 0 saturated carbocycles. The lowest BCUT2D eigenvalue weighted by molar-refractivity contribution is -0.116. The van der Waals surface area contributed by atoms with Crippen molar-refractivity contribution in [2.45, 2.75) is 13.0 Å². The number of nitrogens with zero attached hydrogens (tertiary/aromatic N) is 1. The van der Waals surface area contributed by atoms with Gasteiger partial charge in [-0.25, -0.2) is 9.37 Å². The summed E-state index contributed by atoms with van der Waals surface area (Å²) in [5.41, 5.74) is 1.28. The third-order valence-electron chi connectivity index (χ3n) is 2.77. The first-order chi connectivity index (χ1) is 10.0. The van der Waals surface area contributed by atoms with Crippen LogP contribution in [0.25, 0.3) is 6.08 Å². The molecule has 1 aromatic heterocycles. The van der Waals surface area contributed by atoms with Gasteiger partial charge in [-0.2, -0.15) is 0 Å². The highest BCUT2D eigenvalue weighted by molar-refractivity contribution is 7.09. The number of carbonyl (C=O) groups excluding carboxylic acids is 1. The molecule has 1 atom stereocenters. The van der Waals surface area contributed by atoms with Crippen LogP contribution >= 0.6 is 11.3 Å². The second-order valence-corrected chi connectivity index (χ2v) is 5.50. The van der Waals surface area contributed by atoms with Crippen molar-refractivity contribution < 1.29 is 14.3 Å². The SMILES string of the molecule is Cc1nc(/C=C/C(=O)NCC(O)c2ccc(F)cc2)cs1. The molecule has 0 fully saturated rings. The van der Waals surface area contributed by atoms with Crippen LogP contribution in [-0.2, 0) is 4.79 Å². The second kappa shape index (κ2) is 7.10. The van der Waals surface area contributed by atoms with Crippen LogP contribution in [0, 0.1) is 12.7 Å². The van der Waals surface area contributed by atoms with Crippen LogP contribution in [0.5, 0.6) is 0 Å². The Bertz CT molecular complexity index is 637. The van der Waals surface area contributed by atoms with E-state index in [1.54, 1.807) is 6.08 Å². The zero-order valence-corrected chi connectivity index (χ0v) is 12.2. The van der Waals surface area contributed by atoms with Crippen LogP contribution in [-0.4, -0.2) is 22.5 Å². The molecule has 1 amide bonds. The first-order valence-electron chi connectivity index (χ1n) is 6.36. The van der Waals surface area contributed by atoms with Crippen molar-refractivity contribution in [3.05, 3.63) is 57.8 Å². The smallest absolute Gasteiger partial charge is 0.244 e. The van der Waals surface area contributed by atoms with E-state index < -0.39 is 6.10 Å². The van der Waals surface area contributed by atoms with Crippen molar-refractivity contribution in [1.29, 1.82) is 0 Å². The van der Waals surface area contributed by atoms with Crippen molar-refractivity contribution in [1.82, 2.24) is 10.3 Å². The zero-order valence-electron chi connectivity index (χ0n) is 11.4. The Morgan fingerprint density at radius 3 is 2.81 bits per heavy atom. The average molecular weight is 306 g/mol. The lowest BCUT2D eigenvalue weighted by atomic mass is 10.1. The maximum absolute atomic E-state index is 12.8. The number of aliphatic hydroxyl groups is 1. The lowest BCUT2D eigenvalue weighted by Crippen LogP contribution is -2.26. The van der Waals surface area contributed by atoms with Crippen molar-refractivity contribution in [3.63, 3.8) is 0 Å². The highest BCUT2D eigenvalue weighted by Gasteiger charge is 2.08. The fourth-order valence-electron chi connectivity index (χ4n) is 1.68. The van der Waals surface area contributed by atoms with Crippen molar-refractivity contribution in [2.75, 3.05) is 6.54 Å². The molecule has 0 aliphatic heterocycles. The van der Waals surface area contributed by atoms with Crippen molar-refractivity contribution in [2.24, 2.45) is 0 Å². The molecule has 1 aromatic carbocycles. The number of hydrogen-bond acceptors (Lipinski definition) is 4. The third-order valence-corrected chi connectivity index (χ3v) is 3.56. The van der Waals surface area contributed by atoms with Crippen LogP contribution in [0.15, 0.2) is 35.7 Å². The van der Waals surface area contributed by atoms with Gasteiger partial charge < -0.3 is 10.4 Å². The van der Waals surface area contributed by atoms with Gasteiger partial charge in [0.15, 0.2) is 0 Å². The minimum absolute atomic E-state index is 0.0604. The first kappa shape index (κ1) is 15.3. The Hall–Kier alpha value is -2.05. The fourth-order valence-corrected chi connectivity index (χ4v) is 2.26. The number of halogens is 1. The molecule has 1 unspecified atom stereocenters. The maximum Gasteiger partial charge on any atom is 0.244 e. The molecule has 0 spiro atoms. The number of nitrogens with one attached hydrogen (secondary N) is 1. The summed E-state index contributed by atoms with van der Waals surface area (Å²) in [5, 5.41) is 15.2. The van der Waals surface area contributed by atoms with E-state index in [-0.39, 0.29) is 18.3 Å². The van der Waals surface area contributed by atoms with Gasteiger partial charge in [0.25, 0.3) is 0 Å². The third kappa shape index (κ3) is 4.77. The molecule has 2 rings (SSSR count). The number of benzene rings is 1. The number of thiazole rings is 1. The van der Waals surface area contributed by atoms with Gasteiger partial charge in [-0.15, -0.1) is 11.3 Å². The molecule has 6 heteroatoms. The van der Waals surface area contributed by atoms with Gasteiger partial charge in [-0.1, -0.05) is 12.1 Å². The Balaban J connectivity index is 1.83. The summed E-state index contributed by atoms with van der Waals surface area (Å²) in [5.74, 6) is -0.682. The Labute approximate surface area is 126 Å². The summed E-state index contributed by atoms with van der Waals surface area (Å²) in [6.45, 7) is 1.95. The molecular weight excluding hydrogens is 291 g/mol. The highest BCUT2D eigenvalue weighted by atomic mass is 32.1. The predicted octanol–water partition coefficient (Wildman–Crippen LogP) is 2.45. The molecule has 2 N–H and O–H groups in total. The normalized spacial score (nSPS) is 12.5. The summed E-state index contributed by atoms with van der Waals surface area (Å²) in [7, 11) is 0. The standard InChI is InChI=1S/C15H15FN2O2S/c1-10-18-13(9-21-10)6-7-15(20)17-8-14(19)11-2-4-12(16)5-3-11/h2-7,9,14,19H,8H2,1H3,(H,17,20)/b7-6+. The molecule has 0 aliphatic carbocycles. The number of aromatic nitrogens is 1. The maximum atomic E-state index is 12.8. The lowest BCUT2D eigenvalue weighted by Gasteiger charge is -2.11. The first-order valence-corrected chi connectivity index (χ1v) is 7.24. The summed E-state index contributed by atoms with van der Waals surface area (Å²) >= 11 is 1.51. The van der Waals surface area contributed by atoms with E-state index in [1.807, 2.05) is 12.3 Å². The number of hydrogen-bond donors (Lipinski definition) is 2. The van der Waals surface area contributed by atoms with E-state index in [1.165, 1.54) is 41.7 Å². The molecule has 0 saturated heterocycles. The monoisotopic (exact) mass is 306 g/mol. The van der Waals surface area contributed by atoms with E-state index in [4.69, 9.17) is 0 Å². The molecule has 4 nitrogen and oxygen atoms in total. The number of aliphatic hydroxyl groups excluding tert-OH is 1. The minimum atomic E-state index is -0.871. The largest absolute Gasteiger partial charge is 0.387 e. The van der Waals surface area contributed by atoms with Crippen LogP contribution in [0.4, 0.5) is 4.39 Å². The molecule has 21 heavy (non-hydrogen) atoms. The highest BCUT2D eigenvalue weighted by Crippen LogP contribution is 2.12. The van der Waals surface area contributed by atoms with Gasteiger partial charge in [-0.3, -0.25) is 4.79 Å². The van der Waals surface area contributed by atoms with Crippen LogP contribution in [0.2, 0.25) is 0 Å². The van der Waals surface area contributed by atoms with Crippen LogP contribution < -0.4 is 5.32 Å². The molecule has 1 heterocycles. The summed E-state index contributed by atoms with van der Waals surface area (Å²) in [6, 6.07) is 5.51. The summed E-state index contributed by atoms with van der Waals surface area (Å²) in [6.07, 6.45) is 2.11. The number of amides is 1. The topological polar surface area (TPSA) is 62.2 Å². The molecule has 0 aliphatic rings. The van der Waals surface area contributed by atoms with Gasteiger partial charge in [-0.05, 0) is 30.7 Å². The van der Waals surface area contributed by atoms with Gasteiger partial charge in [0.2, 0.25) is 5.91 Å². The van der Waals surface area contributed by atoms with E-state index in [0.717, 1.165) is 10.7 Å². The fraction of sp³-hybridized carbons (Fsp3) is 0.200. The second-order valence-electron chi connectivity index (χ2n) is 4.44. The molecular formula is C15H15FN2O2S. The Kier molecular flexibility index (Phi) is 5.19. The number of carbonyl (C=O) groups is 1. The van der Waals surface area contributed by atoms with Gasteiger partial charge in [0.1, 0.15) is 5.82 Å². The van der Waals surface area contributed by atoms with Gasteiger partial charge >= 0.3 is 0 Å². The summed E-state index contributed by atoms with van der Waals surface area (Å²) < 4.78 is 12.8. The van der Waals surface area contributed by atoms with Crippen molar-refractivity contribution in [3.8, 4) is 0 Å². The van der Waals surface area contributed by atoms with E-state index >= 15 is 0 Å². The van der Waals surface area contributed by atoms with Crippen LogP contribution in [0.1, 0.15) is 22.4 Å². The predicted molar refractivity (Wildman–Crippen MR) is 80.3 cm³/mol. The molecule has 2 aromatic rings. The number of aryl methyl sites for hydroxylation is 1. The quantitative estimate of drug-likeness (QED) is 0.834. The van der Waals surface area contributed by atoms with Gasteiger partial charge in [0.05, 0.1) is 16.8 Å². The minimum Gasteiger partial charge on any atom is -0.387 e. The Morgan fingerprint density at radius 1 is 1.48 bits per heavy atom. The zero-order chi connectivity index (χ0) is 15.2. The number of rotatable bonds is 5. The summed E-state index contributed by atoms with van der Waals surface area (Å²) in [4.78, 5) is 15.8. The molecule has 110 valence electrons.